The van der Waals surface area contributed by atoms with Crippen LogP contribution in [0.5, 0.6) is 0 Å². The lowest BCUT2D eigenvalue weighted by molar-refractivity contribution is -0.137. The van der Waals surface area contributed by atoms with E-state index in [4.69, 9.17) is 5.11 Å². The molecule has 0 aromatic heterocycles. The average Bonchev–Trinajstić information content (AvgIpc) is 2.51. The third-order valence-corrected chi connectivity index (χ3v) is 4.73. The highest BCUT2D eigenvalue weighted by atomic mass is 32.2. The Balaban J connectivity index is 2.96. The molecule has 25 heavy (non-hydrogen) atoms. The van der Waals surface area contributed by atoms with E-state index in [1.54, 1.807) is 0 Å². The Hall–Kier alpha value is -1.93. The van der Waals surface area contributed by atoms with Crippen molar-refractivity contribution in [3.8, 4) is 0 Å². The van der Waals surface area contributed by atoms with Crippen LogP contribution in [-0.4, -0.2) is 49.9 Å². The molecule has 0 heterocycles. The molecule has 0 saturated carbocycles. The van der Waals surface area contributed by atoms with Crippen LogP contribution < -0.4 is 4.72 Å². The van der Waals surface area contributed by atoms with E-state index >= 15 is 0 Å². The van der Waals surface area contributed by atoms with Crippen molar-refractivity contribution < 1.29 is 23.1 Å². The first-order valence-electron chi connectivity index (χ1n) is 8.13. The highest BCUT2D eigenvalue weighted by Crippen LogP contribution is 2.13. The van der Waals surface area contributed by atoms with Gasteiger partial charge in [-0.05, 0) is 36.1 Å². The van der Waals surface area contributed by atoms with Crippen molar-refractivity contribution in [1.29, 1.82) is 0 Å². The molecule has 0 fully saturated rings. The van der Waals surface area contributed by atoms with Gasteiger partial charge in [-0.2, -0.15) is 0 Å². The number of amides is 1. The van der Waals surface area contributed by atoms with Gasteiger partial charge in [0.1, 0.15) is 6.54 Å². The van der Waals surface area contributed by atoms with E-state index in [0.717, 1.165) is 0 Å². The lowest BCUT2D eigenvalue weighted by Crippen LogP contribution is -2.38. The first-order chi connectivity index (χ1) is 11.5. The van der Waals surface area contributed by atoms with Gasteiger partial charge in [0.25, 0.3) is 5.91 Å². The second-order valence-corrected chi connectivity index (χ2v) is 8.51. The lowest BCUT2D eigenvalue weighted by atomic mass is 10.1. The Bertz CT molecular complexity index is 696. The van der Waals surface area contributed by atoms with Gasteiger partial charge in [0.2, 0.25) is 10.0 Å². The lowest BCUT2D eigenvalue weighted by Gasteiger charge is -2.22. The fourth-order valence-electron chi connectivity index (χ4n) is 2.14. The molecule has 0 bridgehead atoms. The van der Waals surface area contributed by atoms with Gasteiger partial charge in [-0.25, -0.2) is 13.1 Å². The molecular weight excluding hydrogens is 344 g/mol. The minimum absolute atomic E-state index is 0.0679. The van der Waals surface area contributed by atoms with Crippen LogP contribution in [0.4, 0.5) is 0 Å². The molecule has 0 unspecified atom stereocenters. The van der Waals surface area contributed by atoms with E-state index in [9.17, 15) is 18.0 Å². The zero-order valence-electron chi connectivity index (χ0n) is 15.0. The van der Waals surface area contributed by atoms with Gasteiger partial charge < -0.3 is 10.0 Å². The standard InChI is InChI=1S/C17H26N2O5S/c1-12(2)9-18-25(23,24)15-7-5-14(6-8-15)17(22)19(10-13(3)4)11-16(20)21/h5-8,12-13,18H,9-11H2,1-4H3,(H,20,21). The predicted octanol–water partition coefficient (Wildman–Crippen LogP) is 1.80. The Morgan fingerprint density at radius 1 is 1.08 bits per heavy atom. The van der Waals surface area contributed by atoms with E-state index in [-0.39, 0.29) is 22.3 Å². The van der Waals surface area contributed by atoms with Crippen LogP contribution in [0.15, 0.2) is 29.2 Å². The van der Waals surface area contributed by atoms with Crippen molar-refractivity contribution >= 4 is 21.9 Å². The van der Waals surface area contributed by atoms with Crippen molar-refractivity contribution in [2.24, 2.45) is 11.8 Å². The molecule has 0 aliphatic rings. The summed E-state index contributed by atoms with van der Waals surface area (Å²) in [6, 6.07) is 5.51. The highest BCUT2D eigenvalue weighted by Gasteiger charge is 2.21. The molecule has 0 aliphatic carbocycles. The van der Waals surface area contributed by atoms with Crippen LogP contribution >= 0.6 is 0 Å². The molecule has 7 nitrogen and oxygen atoms in total. The third-order valence-electron chi connectivity index (χ3n) is 3.29. The van der Waals surface area contributed by atoms with Gasteiger partial charge >= 0.3 is 5.97 Å². The van der Waals surface area contributed by atoms with Gasteiger partial charge in [-0.1, -0.05) is 27.7 Å². The Morgan fingerprint density at radius 3 is 2.08 bits per heavy atom. The van der Waals surface area contributed by atoms with Gasteiger partial charge in [-0.3, -0.25) is 9.59 Å². The fourth-order valence-corrected chi connectivity index (χ4v) is 3.36. The number of carbonyl (C=O) groups excluding carboxylic acids is 1. The molecule has 2 N–H and O–H groups in total. The monoisotopic (exact) mass is 370 g/mol. The van der Waals surface area contributed by atoms with Crippen molar-refractivity contribution in [2.45, 2.75) is 32.6 Å². The quantitative estimate of drug-likeness (QED) is 0.690. The molecule has 0 radical (unpaired) electrons. The van der Waals surface area contributed by atoms with Crippen molar-refractivity contribution in [3.63, 3.8) is 0 Å². The molecule has 1 amide bonds. The molecule has 1 rings (SSSR count). The molecule has 1 aromatic carbocycles. The summed E-state index contributed by atoms with van der Waals surface area (Å²) in [4.78, 5) is 24.8. The number of nitrogens with one attached hydrogen (secondary N) is 1. The van der Waals surface area contributed by atoms with Gasteiger partial charge in [0.05, 0.1) is 4.90 Å². The van der Waals surface area contributed by atoms with Crippen LogP contribution in [0.3, 0.4) is 0 Å². The molecule has 0 saturated heterocycles. The summed E-state index contributed by atoms with van der Waals surface area (Å²) in [5, 5.41) is 8.97. The number of carboxylic acid groups (broad SMARTS) is 1. The molecule has 140 valence electrons. The van der Waals surface area contributed by atoms with E-state index in [1.807, 2.05) is 27.7 Å². The SMILES string of the molecule is CC(C)CNS(=O)(=O)c1ccc(C(=O)N(CC(=O)O)CC(C)C)cc1. The second-order valence-electron chi connectivity index (χ2n) is 6.74. The maximum atomic E-state index is 12.5. The zero-order chi connectivity index (χ0) is 19.2. The number of aliphatic carboxylic acids is 1. The maximum Gasteiger partial charge on any atom is 0.323 e. The average molecular weight is 370 g/mol. The summed E-state index contributed by atoms with van der Waals surface area (Å²) < 4.78 is 26.8. The predicted molar refractivity (Wildman–Crippen MR) is 94.8 cm³/mol. The molecular formula is C17H26N2O5S. The molecule has 1 aromatic rings. The smallest absolute Gasteiger partial charge is 0.323 e. The second kappa shape index (κ2) is 8.96. The van der Waals surface area contributed by atoms with E-state index < -0.39 is 28.4 Å². The fraction of sp³-hybridized carbons (Fsp3) is 0.529. The van der Waals surface area contributed by atoms with Gasteiger partial charge in [0.15, 0.2) is 0 Å². The minimum atomic E-state index is -3.63. The topological polar surface area (TPSA) is 104 Å². The minimum Gasteiger partial charge on any atom is -0.480 e. The summed E-state index contributed by atoms with van der Waals surface area (Å²) in [5.74, 6) is -1.24. The summed E-state index contributed by atoms with van der Waals surface area (Å²) in [5.41, 5.74) is 0.254. The van der Waals surface area contributed by atoms with Gasteiger partial charge in [0, 0.05) is 18.7 Å². The van der Waals surface area contributed by atoms with Crippen molar-refractivity contribution in [3.05, 3.63) is 29.8 Å². The normalized spacial score (nSPS) is 11.8. The summed E-state index contributed by atoms with van der Waals surface area (Å²) in [6.45, 7) is 7.81. The molecule has 0 aliphatic heterocycles. The van der Waals surface area contributed by atoms with Crippen LogP contribution in [0.2, 0.25) is 0 Å². The first kappa shape index (κ1) is 21.1. The number of carbonyl (C=O) groups is 2. The van der Waals surface area contributed by atoms with Crippen molar-refractivity contribution in [2.75, 3.05) is 19.6 Å². The van der Waals surface area contributed by atoms with Crippen LogP contribution in [0, 0.1) is 11.8 Å². The van der Waals surface area contributed by atoms with Crippen LogP contribution in [0.25, 0.3) is 0 Å². The third kappa shape index (κ3) is 6.83. The number of hydrogen-bond acceptors (Lipinski definition) is 4. The molecule has 0 spiro atoms. The first-order valence-corrected chi connectivity index (χ1v) is 9.62. The number of nitrogens with zero attached hydrogens (tertiary/aromatic N) is 1. The Labute approximate surface area is 149 Å². The Morgan fingerprint density at radius 2 is 1.64 bits per heavy atom. The van der Waals surface area contributed by atoms with Gasteiger partial charge in [-0.15, -0.1) is 0 Å². The molecule has 8 heteroatoms. The van der Waals surface area contributed by atoms with Crippen LogP contribution in [-0.2, 0) is 14.8 Å². The summed E-state index contributed by atoms with van der Waals surface area (Å²) >= 11 is 0. The number of hydrogen-bond donors (Lipinski definition) is 2. The number of rotatable bonds is 9. The van der Waals surface area contributed by atoms with E-state index in [1.165, 1.54) is 29.2 Å². The van der Waals surface area contributed by atoms with E-state index in [2.05, 4.69) is 4.72 Å². The van der Waals surface area contributed by atoms with Crippen molar-refractivity contribution in [1.82, 2.24) is 9.62 Å². The van der Waals surface area contributed by atoms with E-state index in [0.29, 0.717) is 13.1 Å². The van der Waals surface area contributed by atoms with Crippen LogP contribution in [0.1, 0.15) is 38.1 Å². The number of sulfonamides is 1. The Kier molecular flexibility index (Phi) is 7.57. The number of benzene rings is 1. The molecule has 0 atom stereocenters. The highest BCUT2D eigenvalue weighted by molar-refractivity contribution is 7.89. The number of carboxylic acids is 1. The summed E-state index contributed by atoms with van der Waals surface area (Å²) in [7, 11) is -3.63. The summed E-state index contributed by atoms with van der Waals surface area (Å²) in [6.07, 6.45) is 0. The maximum absolute atomic E-state index is 12.5. The zero-order valence-corrected chi connectivity index (χ0v) is 15.8. The largest absolute Gasteiger partial charge is 0.480 e.